The smallest absolute Gasteiger partial charge is 0.414 e. The molecule has 4 heteroatoms. The normalized spacial score (nSPS) is 13.8. The summed E-state index contributed by atoms with van der Waals surface area (Å²) < 4.78 is 5.00. The summed E-state index contributed by atoms with van der Waals surface area (Å²) in [6.07, 6.45) is 3.16. The molecule has 0 bridgehead atoms. The van der Waals surface area contributed by atoms with Gasteiger partial charge in [-0.2, -0.15) is 4.99 Å². The van der Waals surface area contributed by atoms with Crippen LogP contribution in [0, 0.1) is 0 Å². The maximum atomic E-state index is 11.5. The fourth-order valence-corrected chi connectivity index (χ4v) is 1.84. The molecule has 0 atom stereocenters. The monoisotopic (exact) mass is 214 g/mol. The molecule has 78 valence electrons. The molecule has 0 amide bonds. The summed E-state index contributed by atoms with van der Waals surface area (Å²) in [7, 11) is 0. The minimum atomic E-state index is -0.375. The molecule has 0 fully saturated rings. The van der Waals surface area contributed by atoms with E-state index in [0.29, 0.717) is 11.3 Å². The number of Topliss-reactive ketones (excluding diaryl/α,β-unsaturated/α-hetero) is 1. The number of hydrogen-bond donors (Lipinski definition) is 2. The van der Waals surface area contributed by atoms with Gasteiger partial charge in [-0.05, 0) is 18.2 Å². The zero-order valence-electron chi connectivity index (χ0n) is 8.23. The number of ketones is 1. The van der Waals surface area contributed by atoms with Gasteiger partial charge in [0.1, 0.15) is 5.56 Å². The van der Waals surface area contributed by atoms with E-state index in [1.807, 2.05) is 6.07 Å². The van der Waals surface area contributed by atoms with Gasteiger partial charge >= 0.3 is 11.7 Å². The molecule has 0 saturated carbocycles. The highest BCUT2D eigenvalue weighted by atomic mass is 16.3. The van der Waals surface area contributed by atoms with E-state index in [2.05, 4.69) is 4.99 Å². The number of hydrogen-bond acceptors (Lipinski definition) is 2. The van der Waals surface area contributed by atoms with Crippen molar-refractivity contribution in [2.45, 2.75) is 0 Å². The molecule has 3 rings (SSSR count). The van der Waals surface area contributed by atoms with Crippen LogP contribution in [0.3, 0.4) is 0 Å². The first kappa shape index (κ1) is 8.91. The van der Waals surface area contributed by atoms with Crippen molar-refractivity contribution in [1.82, 2.24) is 0 Å². The number of aliphatic hydroxyl groups is 1. The Labute approximate surface area is 90.9 Å². The average molecular weight is 214 g/mol. The van der Waals surface area contributed by atoms with E-state index < -0.39 is 0 Å². The molecule has 2 heterocycles. The second kappa shape index (κ2) is 3.06. The molecule has 0 radical (unpaired) electrons. The van der Waals surface area contributed by atoms with Crippen LogP contribution in [-0.4, -0.2) is 16.8 Å². The Morgan fingerprint density at radius 3 is 2.75 bits per heavy atom. The van der Waals surface area contributed by atoms with Crippen molar-refractivity contribution < 1.29 is 19.3 Å². The van der Waals surface area contributed by atoms with Gasteiger partial charge in [-0.15, -0.1) is 0 Å². The first-order chi connectivity index (χ1) is 7.77. The highest BCUT2D eigenvalue weighted by molar-refractivity contribution is 6.43. The highest BCUT2D eigenvalue weighted by Gasteiger charge is 2.33. The predicted molar refractivity (Wildman–Crippen MR) is 56.7 cm³/mol. The lowest BCUT2D eigenvalue weighted by Crippen LogP contribution is -2.65. The molecule has 2 N–H and O–H groups in total. The third kappa shape index (κ3) is 1.10. The van der Waals surface area contributed by atoms with Crippen molar-refractivity contribution in [3.63, 3.8) is 0 Å². The van der Waals surface area contributed by atoms with Gasteiger partial charge < -0.3 is 9.52 Å². The zero-order chi connectivity index (χ0) is 11.1. The molecular formula is C12H8NO3+. The first-order valence-corrected chi connectivity index (χ1v) is 4.80. The van der Waals surface area contributed by atoms with Gasteiger partial charge in [0.05, 0.1) is 18.1 Å². The van der Waals surface area contributed by atoms with Gasteiger partial charge in [-0.3, -0.25) is 4.79 Å². The SMILES string of the molecule is O=C1C(O)=[NH+]c2c1cccc2-c1ccoc1. The maximum absolute atomic E-state index is 11.5. The van der Waals surface area contributed by atoms with Crippen LogP contribution in [0.1, 0.15) is 10.4 Å². The van der Waals surface area contributed by atoms with Crippen molar-refractivity contribution in [1.29, 1.82) is 0 Å². The number of nitrogens with one attached hydrogen (secondary N) is 1. The van der Waals surface area contributed by atoms with Gasteiger partial charge in [-0.1, -0.05) is 6.07 Å². The van der Waals surface area contributed by atoms with Crippen molar-refractivity contribution in [2.75, 3.05) is 0 Å². The second-order valence-corrected chi connectivity index (χ2v) is 3.54. The molecule has 2 aromatic rings. The Kier molecular flexibility index (Phi) is 1.71. The fraction of sp³-hybridized carbons (Fsp3) is 0. The van der Waals surface area contributed by atoms with Gasteiger partial charge in [-0.25, -0.2) is 0 Å². The largest absolute Gasteiger partial charge is 0.472 e. The Bertz CT molecular complexity index is 597. The third-order valence-electron chi connectivity index (χ3n) is 2.60. The van der Waals surface area contributed by atoms with Crippen molar-refractivity contribution in [3.05, 3.63) is 42.4 Å². The minimum Gasteiger partial charge on any atom is -0.472 e. The number of para-hydroxylation sites is 1. The molecule has 0 aliphatic carbocycles. The Hall–Kier alpha value is -2.36. The van der Waals surface area contributed by atoms with Gasteiger partial charge in [0.25, 0.3) is 0 Å². The van der Waals surface area contributed by atoms with Crippen LogP contribution in [-0.2, 0) is 0 Å². The van der Waals surface area contributed by atoms with Crippen LogP contribution in [0.5, 0.6) is 0 Å². The number of carbonyl (C=O) groups excluding carboxylic acids is 1. The van der Waals surface area contributed by atoms with E-state index >= 15 is 0 Å². The number of aliphatic hydroxyl groups excluding tert-OH is 1. The number of rotatable bonds is 1. The van der Waals surface area contributed by atoms with Crippen LogP contribution < -0.4 is 4.99 Å². The van der Waals surface area contributed by atoms with E-state index in [4.69, 9.17) is 4.42 Å². The summed E-state index contributed by atoms with van der Waals surface area (Å²) in [6.45, 7) is 0. The van der Waals surface area contributed by atoms with E-state index in [1.54, 1.807) is 30.7 Å². The molecule has 1 aliphatic heterocycles. The number of carbonyl (C=O) groups is 1. The van der Waals surface area contributed by atoms with Crippen LogP contribution in [0.25, 0.3) is 11.1 Å². The fourth-order valence-electron chi connectivity index (χ4n) is 1.84. The Balaban J connectivity index is 2.27. The summed E-state index contributed by atoms with van der Waals surface area (Å²) in [5.41, 5.74) is 2.82. The molecule has 1 aliphatic rings. The lowest BCUT2D eigenvalue weighted by molar-refractivity contribution is -0.359. The van der Waals surface area contributed by atoms with E-state index in [0.717, 1.165) is 11.1 Å². The van der Waals surface area contributed by atoms with Crippen LogP contribution in [0.2, 0.25) is 0 Å². The van der Waals surface area contributed by atoms with Crippen molar-refractivity contribution in [3.8, 4) is 11.1 Å². The molecule has 0 unspecified atom stereocenters. The molecule has 16 heavy (non-hydrogen) atoms. The third-order valence-corrected chi connectivity index (χ3v) is 2.60. The predicted octanol–water partition coefficient (Wildman–Crippen LogP) is 0.811. The molecule has 1 aromatic heterocycles. The minimum absolute atomic E-state index is 0.328. The zero-order valence-corrected chi connectivity index (χ0v) is 8.23. The van der Waals surface area contributed by atoms with Crippen LogP contribution in [0.15, 0.2) is 41.2 Å². The topological polar surface area (TPSA) is 64.4 Å². The van der Waals surface area contributed by atoms with Gasteiger partial charge in [0.15, 0.2) is 0 Å². The molecule has 1 aromatic carbocycles. The van der Waals surface area contributed by atoms with Gasteiger partial charge in [0.2, 0.25) is 5.69 Å². The standard InChI is InChI=1S/C12H7NO3/c14-11-9-3-1-2-8(7-4-5-16-6-7)10(9)13-12(11)15/h1-6H,(H,13,14,15)/p+1. The second-order valence-electron chi connectivity index (χ2n) is 3.54. The van der Waals surface area contributed by atoms with E-state index in [1.165, 1.54) is 0 Å². The summed E-state index contributed by atoms with van der Waals surface area (Å²) in [5.74, 6) is -0.703. The first-order valence-electron chi connectivity index (χ1n) is 4.80. The lowest BCUT2D eigenvalue weighted by atomic mass is 10.0. The van der Waals surface area contributed by atoms with Crippen molar-refractivity contribution >= 4 is 17.4 Å². The summed E-state index contributed by atoms with van der Waals surface area (Å²) in [6, 6.07) is 7.12. The maximum Gasteiger partial charge on any atom is 0.414 e. The van der Waals surface area contributed by atoms with E-state index in [-0.39, 0.29) is 11.7 Å². The summed E-state index contributed by atoms with van der Waals surface area (Å²) in [5, 5.41) is 9.37. The molecule has 0 spiro atoms. The number of benzene rings is 1. The van der Waals surface area contributed by atoms with Crippen LogP contribution in [0.4, 0.5) is 5.69 Å². The molecule has 0 saturated heterocycles. The highest BCUT2D eigenvalue weighted by Crippen LogP contribution is 2.29. The average Bonchev–Trinajstić information content (AvgIpc) is 2.89. The quantitative estimate of drug-likeness (QED) is 0.738. The number of furan rings is 1. The van der Waals surface area contributed by atoms with E-state index in [9.17, 15) is 9.90 Å². The van der Waals surface area contributed by atoms with Gasteiger partial charge in [0, 0.05) is 5.56 Å². The van der Waals surface area contributed by atoms with Crippen molar-refractivity contribution in [2.24, 2.45) is 0 Å². The number of fused-ring (bicyclic) bond motifs is 1. The summed E-state index contributed by atoms with van der Waals surface area (Å²) >= 11 is 0. The Morgan fingerprint density at radius 2 is 2.00 bits per heavy atom. The lowest BCUT2D eigenvalue weighted by Gasteiger charge is -1.97. The Morgan fingerprint density at radius 1 is 1.19 bits per heavy atom. The molecular weight excluding hydrogens is 206 g/mol. The molecule has 4 nitrogen and oxygen atoms in total. The van der Waals surface area contributed by atoms with Crippen LogP contribution >= 0.6 is 0 Å². The summed E-state index contributed by atoms with van der Waals surface area (Å²) in [4.78, 5) is 14.2.